The smallest absolute Gasteiger partial charge is 0.396 e. The maximum absolute atomic E-state index is 12.1. The van der Waals surface area contributed by atoms with Crippen molar-refractivity contribution in [1.82, 2.24) is 4.90 Å². The quantitative estimate of drug-likeness (QED) is 0.551. The van der Waals surface area contributed by atoms with Crippen LogP contribution in [0.4, 0.5) is 0 Å². The van der Waals surface area contributed by atoms with Gasteiger partial charge in [0, 0.05) is 12.1 Å². The van der Waals surface area contributed by atoms with Crippen molar-refractivity contribution >= 4 is 11.9 Å². The van der Waals surface area contributed by atoms with E-state index in [1.165, 1.54) is 7.11 Å². The molecule has 0 aromatic heterocycles. The highest BCUT2D eigenvalue weighted by Crippen LogP contribution is 2.34. The average Bonchev–Trinajstić information content (AvgIpc) is 2.32. The molecule has 0 aromatic rings. The molecule has 0 spiro atoms. The first-order chi connectivity index (χ1) is 8.61. The summed E-state index contributed by atoms with van der Waals surface area (Å²) in [6.45, 7) is 13.1. The van der Waals surface area contributed by atoms with Crippen LogP contribution in [0.1, 0.15) is 60.8 Å². The van der Waals surface area contributed by atoms with E-state index in [1.54, 1.807) is 4.90 Å². The van der Waals surface area contributed by atoms with Crippen LogP contribution in [0.2, 0.25) is 0 Å². The van der Waals surface area contributed by atoms with E-state index in [4.69, 9.17) is 0 Å². The summed E-state index contributed by atoms with van der Waals surface area (Å²) in [5.74, 6) is -1.32. The van der Waals surface area contributed by atoms with Crippen LogP contribution in [0.3, 0.4) is 0 Å². The summed E-state index contributed by atoms with van der Waals surface area (Å²) < 4.78 is 4.56. The first-order valence-electron chi connectivity index (χ1n) is 7.01. The number of amides is 1. The lowest BCUT2D eigenvalue weighted by molar-refractivity contribution is -0.161. The molecule has 0 aliphatic rings. The summed E-state index contributed by atoms with van der Waals surface area (Å²) in [5, 5.41) is 0. The molecule has 0 aromatic carbocycles. The molecule has 112 valence electrons. The SMILES string of the molecule is CCCN(C(=O)C(=O)OC)C(C)(C)CC(C)(C)CC. The van der Waals surface area contributed by atoms with Gasteiger partial charge in [0.15, 0.2) is 0 Å². The summed E-state index contributed by atoms with van der Waals surface area (Å²) in [7, 11) is 1.24. The zero-order chi connectivity index (χ0) is 15.3. The molecule has 4 heteroatoms. The fourth-order valence-corrected chi connectivity index (χ4v) is 2.49. The third-order valence-electron chi connectivity index (χ3n) is 3.65. The molecule has 0 aliphatic carbocycles. The standard InChI is InChI=1S/C15H29NO3/c1-8-10-16(12(17)13(18)19-7)15(5,6)11-14(3,4)9-2/h8-11H2,1-7H3. The van der Waals surface area contributed by atoms with Gasteiger partial charge in [-0.05, 0) is 32.1 Å². The van der Waals surface area contributed by atoms with E-state index < -0.39 is 11.9 Å². The summed E-state index contributed by atoms with van der Waals surface area (Å²) in [6, 6.07) is 0. The Morgan fingerprint density at radius 3 is 2.00 bits per heavy atom. The van der Waals surface area contributed by atoms with Crippen LogP contribution in [0.25, 0.3) is 0 Å². The Bertz CT molecular complexity index is 321. The molecule has 19 heavy (non-hydrogen) atoms. The van der Waals surface area contributed by atoms with Crippen molar-refractivity contribution < 1.29 is 14.3 Å². The van der Waals surface area contributed by atoms with Crippen molar-refractivity contribution in [3.63, 3.8) is 0 Å². The normalized spacial score (nSPS) is 12.2. The van der Waals surface area contributed by atoms with Crippen molar-refractivity contribution in [2.45, 2.75) is 66.3 Å². The Kier molecular flexibility index (Phi) is 6.53. The molecule has 0 heterocycles. The van der Waals surface area contributed by atoms with Crippen molar-refractivity contribution in [2.24, 2.45) is 5.41 Å². The Hall–Kier alpha value is -1.06. The summed E-state index contributed by atoms with van der Waals surface area (Å²) >= 11 is 0. The van der Waals surface area contributed by atoms with Crippen LogP contribution in [0.15, 0.2) is 0 Å². The molecule has 0 atom stereocenters. The van der Waals surface area contributed by atoms with E-state index in [0.29, 0.717) is 6.54 Å². The lowest BCUT2D eigenvalue weighted by atomic mass is 9.77. The minimum absolute atomic E-state index is 0.131. The highest BCUT2D eigenvalue weighted by atomic mass is 16.5. The number of methoxy groups -OCH3 is 1. The molecule has 0 aliphatic heterocycles. The van der Waals surface area contributed by atoms with Crippen LogP contribution in [0.5, 0.6) is 0 Å². The van der Waals surface area contributed by atoms with Crippen LogP contribution in [0, 0.1) is 5.41 Å². The highest BCUT2D eigenvalue weighted by Gasteiger charge is 2.37. The van der Waals surface area contributed by atoms with Crippen LogP contribution in [-0.2, 0) is 14.3 Å². The van der Waals surface area contributed by atoms with E-state index in [1.807, 2.05) is 20.8 Å². The molecule has 1 amide bonds. The van der Waals surface area contributed by atoms with Gasteiger partial charge in [0.1, 0.15) is 0 Å². The largest absolute Gasteiger partial charge is 0.462 e. The lowest BCUT2D eigenvalue weighted by Gasteiger charge is -2.42. The zero-order valence-electron chi connectivity index (χ0n) is 13.5. The van der Waals surface area contributed by atoms with Crippen LogP contribution < -0.4 is 0 Å². The van der Waals surface area contributed by atoms with Gasteiger partial charge in [0.2, 0.25) is 0 Å². The number of ether oxygens (including phenoxy) is 1. The van der Waals surface area contributed by atoms with Gasteiger partial charge in [0.05, 0.1) is 7.11 Å². The number of hydrogen-bond donors (Lipinski definition) is 0. The van der Waals surface area contributed by atoms with E-state index in [9.17, 15) is 9.59 Å². The molecule has 0 bridgehead atoms. The maximum Gasteiger partial charge on any atom is 0.396 e. The fourth-order valence-electron chi connectivity index (χ4n) is 2.49. The van der Waals surface area contributed by atoms with E-state index in [0.717, 1.165) is 19.3 Å². The molecule has 0 saturated heterocycles. The highest BCUT2D eigenvalue weighted by molar-refractivity contribution is 6.32. The second kappa shape index (κ2) is 6.92. The molecule has 0 radical (unpaired) electrons. The first-order valence-corrected chi connectivity index (χ1v) is 7.01. The fraction of sp³-hybridized carbons (Fsp3) is 0.867. The summed E-state index contributed by atoms with van der Waals surface area (Å²) in [4.78, 5) is 25.3. The Morgan fingerprint density at radius 1 is 1.11 bits per heavy atom. The molecular weight excluding hydrogens is 242 g/mol. The predicted molar refractivity (Wildman–Crippen MR) is 76.8 cm³/mol. The molecule has 0 fully saturated rings. The molecule has 0 rings (SSSR count). The molecular formula is C15H29NO3. The van der Waals surface area contributed by atoms with E-state index in [2.05, 4.69) is 25.5 Å². The average molecular weight is 271 g/mol. The number of nitrogens with zero attached hydrogens (tertiary/aromatic N) is 1. The van der Waals surface area contributed by atoms with Gasteiger partial charge in [-0.3, -0.25) is 4.79 Å². The Labute approximate surface area is 117 Å². The first kappa shape index (κ1) is 17.9. The molecule has 0 saturated carbocycles. The van der Waals surface area contributed by atoms with Gasteiger partial charge in [-0.25, -0.2) is 4.79 Å². The van der Waals surface area contributed by atoms with Gasteiger partial charge in [-0.1, -0.05) is 34.1 Å². The topological polar surface area (TPSA) is 46.6 Å². The molecule has 0 unspecified atom stereocenters. The van der Waals surface area contributed by atoms with Crippen LogP contribution in [-0.4, -0.2) is 36.0 Å². The second-order valence-corrected chi connectivity index (χ2v) is 6.46. The number of esters is 1. The van der Waals surface area contributed by atoms with Gasteiger partial charge < -0.3 is 9.64 Å². The number of rotatable bonds is 6. The van der Waals surface area contributed by atoms with E-state index in [-0.39, 0.29) is 11.0 Å². The van der Waals surface area contributed by atoms with Crippen molar-refractivity contribution in [3.8, 4) is 0 Å². The van der Waals surface area contributed by atoms with Crippen molar-refractivity contribution in [1.29, 1.82) is 0 Å². The summed E-state index contributed by atoms with van der Waals surface area (Å²) in [6.07, 6.45) is 2.70. The zero-order valence-corrected chi connectivity index (χ0v) is 13.5. The minimum atomic E-state index is -0.782. The van der Waals surface area contributed by atoms with Gasteiger partial charge in [0.25, 0.3) is 0 Å². The van der Waals surface area contributed by atoms with E-state index >= 15 is 0 Å². The maximum atomic E-state index is 12.1. The number of carbonyl (C=O) groups excluding carboxylic acids is 2. The minimum Gasteiger partial charge on any atom is -0.462 e. The lowest BCUT2D eigenvalue weighted by Crippen LogP contribution is -2.52. The van der Waals surface area contributed by atoms with Gasteiger partial charge >= 0.3 is 11.9 Å². The molecule has 0 N–H and O–H groups in total. The number of hydrogen-bond acceptors (Lipinski definition) is 3. The van der Waals surface area contributed by atoms with Crippen molar-refractivity contribution in [3.05, 3.63) is 0 Å². The predicted octanol–water partition coefficient (Wildman–Crippen LogP) is 3.00. The van der Waals surface area contributed by atoms with Crippen molar-refractivity contribution in [2.75, 3.05) is 13.7 Å². The monoisotopic (exact) mass is 271 g/mol. The Morgan fingerprint density at radius 2 is 1.63 bits per heavy atom. The third kappa shape index (κ3) is 5.21. The van der Waals surface area contributed by atoms with Gasteiger partial charge in [-0.2, -0.15) is 0 Å². The van der Waals surface area contributed by atoms with Crippen LogP contribution >= 0.6 is 0 Å². The second-order valence-electron chi connectivity index (χ2n) is 6.46. The van der Waals surface area contributed by atoms with Gasteiger partial charge in [-0.15, -0.1) is 0 Å². The number of carbonyl (C=O) groups is 2. The Balaban J connectivity index is 5.15. The molecule has 4 nitrogen and oxygen atoms in total. The summed E-state index contributed by atoms with van der Waals surface area (Å²) in [5.41, 5.74) is -0.229. The third-order valence-corrected chi connectivity index (χ3v) is 3.65.